The first-order valence-corrected chi connectivity index (χ1v) is 14.0. The summed E-state index contributed by atoms with van der Waals surface area (Å²) < 4.78 is 36.4. The summed E-state index contributed by atoms with van der Waals surface area (Å²) in [6.07, 6.45) is -3.14. The van der Waals surface area contributed by atoms with E-state index in [4.69, 9.17) is 28.4 Å². The highest BCUT2D eigenvalue weighted by Crippen LogP contribution is 2.43. The molecule has 10 heteroatoms. The summed E-state index contributed by atoms with van der Waals surface area (Å²) >= 11 is 0. The van der Waals surface area contributed by atoms with Crippen molar-refractivity contribution in [3.63, 3.8) is 0 Å². The van der Waals surface area contributed by atoms with Crippen LogP contribution in [0.4, 0.5) is 0 Å². The van der Waals surface area contributed by atoms with E-state index in [-0.39, 0.29) is 13.0 Å². The van der Waals surface area contributed by atoms with E-state index in [0.717, 1.165) is 16.7 Å². The van der Waals surface area contributed by atoms with Crippen LogP contribution in [0.3, 0.4) is 0 Å². The second kappa shape index (κ2) is 12.5. The summed E-state index contributed by atoms with van der Waals surface area (Å²) in [5.74, 6) is -0.658. The molecule has 0 saturated carbocycles. The second-order valence-electron chi connectivity index (χ2n) is 10.6. The maximum Gasteiger partial charge on any atom is 0.305 e. The molecule has 0 unspecified atom stereocenters. The van der Waals surface area contributed by atoms with Crippen molar-refractivity contribution < 1.29 is 33.2 Å². The van der Waals surface area contributed by atoms with Gasteiger partial charge in [0.25, 0.3) is 0 Å². The SMILES string of the molecule is CCC(=O)O[C@@H](COC(c1ccccc1)(c1ccccc1)c1ccc(OC)cc1)[C@H]1O[C@@H]2OC(C)(C)O[C@@H]2[C@@H]1N=[N+]=[N-]. The molecule has 2 aliphatic rings. The highest BCUT2D eigenvalue weighted by atomic mass is 16.8. The Hall–Kier alpha value is -3.92. The molecule has 0 bridgehead atoms. The molecule has 5 rings (SSSR count). The van der Waals surface area contributed by atoms with Crippen molar-refractivity contribution in [3.8, 4) is 5.75 Å². The molecule has 0 aromatic heterocycles. The molecule has 2 saturated heterocycles. The van der Waals surface area contributed by atoms with Gasteiger partial charge in [0.1, 0.15) is 23.6 Å². The van der Waals surface area contributed by atoms with Crippen LogP contribution in [0.15, 0.2) is 90.0 Å². The summed E-state index contributed by atoms with van der Waals surface area (Å²) in [5, 5.41) is 4.00. The topological polar surface area (TPSA) is 121 Å². The number of benzene rings is 3. The van der Waals surface area contributed by atoms with Crippen molar-refractivity contribution in [1.29, 1.82) is 0 Å². The third kappa shape index (κ3) is 5.86. The van der Waals surface area contributed by atoms with E-state index < -0.39 is 48.0 Å². The van der Waals surface area contributed by atoms with E-state index in [1.54, 1.807) is 27.9 Å². The number of rotatable bonds is 11. The summed E-state index contributed by atoms with van der Waals surface area (Å²) in [6, 6.07) is 26.5. The Labute approximate surface area is 245 Å². The molecular formula is C32H35N3O7. The summed E-state index contributed by atoms with van der Waals surface area (Å²) in [6.45, 7) is 5.14. The number of azide groups is 1. The molecule has 0 aliphatic carbocycles. The Morgan fingerprint density at radius 1 is 0.976 bits per heavy atom. The van der Waals surface area contributed by atoms with E-state index in [0.29, 0.717) is 5.75 Å². The average molecular weight is 574 g/mol. The fourth-order valence-corrected chi connectivity index (χ4v) is 5.59. The number of carbonyl (C=O) groups excluding carboxylic acids is 1. The zero-order valence-corrected chi connectivity index (χ0v) is 24.1. The molecule has 10 nitrogen and oxygen atoms in total. The van der Waals surface area contributed by atoms with Crippen LogP contribution in [-0.2, 0) is 34.1 Å². The number of ether oxygens (including phenoxy) is 6. The molecule has 3 aromatic carbocycles. The first-order valence-electron chi connectivity index (χ1n) is 14.0. The van der Waals surface area contributed by atoms with E-state index in [1.165, 1.54) is 0 Å². The Balaban J connectivity index is 1.57. The van der Waals surface area contributed by atoms with Crippen LogP contribution in [0, 0.1) is 0 Å². The first kappa shape index (κ1) is 29.6. The van der Waals surface area contributed by atoms with Gasteiger partial charge in [-0.25, -0.2) is 0 Å². The van der Waals surface area contributed by atoms with Crippen molar-refractivity contribution in [2.75, 3.05) is 13.7 Å². The van der Waals surface area contributed by atoms with Gasteiger partial charge in [0.05, 0.1) is 19.8 Å². The van der Waals surface area contributed by atoms with E-state index in [2.05, 4.69) is 10.0 Å². The molecule has 3 aromatic rings. The molecule has 0 spiro atoms. The number of methoxy groups -OCH3 is 1. The third-order valence-corrected chi connectivity index (χ3v) is 7.50. The molecule has 0 amide bonds. The first-order chi connectivity index (χ1) is 20.3. The van der Waals surface area contributed by atoms with Crippen LogP contribution in [0.2, 0.25) is 0 Å². The summed E-state index contributed by atoms with van der Waals surface area (Å²) in [7, 11) is 1.62. The highest BCUT2D eigenvalue weighted by Gasteiger charge is 2.57. The van der Waals surface area contributed by atoms with Gasteiger partial charge >= 0.3 is 5.97 Å². The molecule has 0 radical (unpaired) electrons. The van der Waals surface area contributed by atoms with Crippen LogP contribution in [0.25, 0.3) is 10.4 Å². The lowest BCUT2D eigenvalue weighted by atomic mass is 9.80. The van der Waals surface area contributed by atoms with Crippen LogP contribution in [0.5, 0.6) is 5.75 Å². The Morgan fingerprint density at radius 3 is 2.12 bits per heavy atom. The standard InChI is InChI=1S/C32H35N3O7/c1-5-26(36)39-25(28-27(34-35-33)29-30(40-28)42-31(2,3)41-29)20-38-32(21-12-8-6-9-13-21,22-14-10-7-11-15-22)23-16-18-24(37-4)19-17-23/h6-19,25,27-30H,5,20H2,1-4H3/t25-,27+,28+,29+,30+/m0/s1. The molecule has 2 heterocycles. The van der Waals surface area contributed by atoms with Crippen LogP contribution >= 0.6 is 0 Å². The minimum Gasteiger partial charge on any atom is -0.497 e. The Kier molecular flexibility index (Phi) is 8.82. The number of carbonyl (C=O) groups is 1. The van der Waals surface area contributed by atoms with Gasteiger partial charge in [-0.05, 0) is 48.2 Å². The minimum absolute atomic E-state index is 0.0908. The number of hydrogen-bond acceptors (Lipinski definition) is 8. The second-order valence-corrected chi connectivity index (χ2v) is 10.6. The number of fused-ring (bicyclic) bond motifs is 1. The maximum atomic E-state index is 12.7. The summed E-state index contributed by atoms with van der Waals surface area (Å²) in [4.78, 5) is 15.7. The average Bonchev–Trinajstić information content (AvgIpc) is 3.49. The van der Waals surface area contributed by atoms with Gasteiger partial charge in [-0.2, -0.15) is 0 Å². The van der Waals surface area contributed by atoms with Crippen molar-refractivity contribution >= 4 is 5.97 Å². The maximum absolute atomic E-state index is 12.7. The molecule has 5 atom stereocenters. The van der Waals surface area contributed by atoms with E-state index in [1.807, 2.05) is 84.9 Å². The Bertz CT molecular complexity index is 1360. The van der Waals surface area contributed by atoms with Gasteiger partial charge in [0.2, 0.25) is 0 Å². The van der Waals surface area contributed by atoms with Crippen molar-refractivity contribution in [2.45, 2.75) is 69.2 Å². The quantitative estimate of drug-likeness (QED) is 0.0923. The van der Waals surface area contributed by atoms with Gasteiger partial charge in [-0.15, -0.1) is 0 Å². The van der Waals surface area contributed by atoms with Gasteiger partial charge < -0.3 is 28.4 Å². The molecule has 0 N–H and O–H groups in total. The lowest BCUT2D eigenvalue weighted by Gasteiger charge is -2.38. The smallest absolute Gasteiger partial charge is 0.305 e. The van der Waals surface area contributed by atoms with Gasteiger partial charge in [0, 0.05) is 11.3 Å². The fraction of sp³-hybridized carbons (Fsp3) is 0.406. The van der Waals surface area contributed by atoms with Crippen molar-refractivity contribution in [3.05, 3.63) is 112 Å². The predicted molar refractivity (Wildman–Crippen MR) is 154 cm³/mol. The van der Waals surface area contributed by atoms with Crippen LogP contribution in [-0.4, -0.2) is 56.1 Å². The van der Waals surface area contributed by atoms with E-state index in [9.17, 15) is 10.3 Å². The van der Waals surface area contributed by atoms with Gasteiger partial charge in [-0.1, -0.05) is 84.8 Å². The molecule has 220 valence electrons. The number of hydrogen-bond donors (Lipinski definition) is 0. The molecular weight excluding hydrogens is 538 g/mol. The van der Waals surface area contributed by atoms with Crippen LogP contribution in [0.1, 0.15) is 43.9 Å². The van der Waals surface area contributed by atoms with Gasteiger partial charge in [-0.3, -0.25) is 4.79 Å². The van der Waals surface area contributed by atoms with Crippen molar-refractivity contribution in [1.82, 2.24) is 0 Å². The summed E-state index contributed by atoms with van der Waals surface area (Å²) in [5.41, 5.74) is 10.9. The number of esters is 1. The lowest BCUT2D eigenvalue weighted by Crippen LogP contribution is -2.46. The lowest BCUT2D eigenvalue weighted by molar-refractivity contribution is -0.224. The Morgan fingerprint density at radius 2 is 1.57 bits per heavy atom. The van der Waals surface area contributed by atoms with E-state index >= 15 is 0 Å². The largest absolute Gasteiger partial charge is 0.497 e. The number of nitrogens with zero attached hydrogens (tertiary/aromatic N) is 3. The molecule has 2 aliphatic heterocycles. The zero-order chi connectivity index (χ0) is 29.7. The third-order valence-electron chi connectivity index (χ3n) is 7.50. The zero-order valence-electron chi connectivity index (χ0n) is 24.1. The molecule has 42 heavy (non-hydrogen) atoms. The highest BCUT2D eigenvalue weighted by molar-refractivity contribution is 5.69. The predicted octanol–water partition coefficient (Wildman–Crippen LogP) is 5.88. The van der Waals surface area contributed by atoms with Gasteiger partial charge in [0.15, 0.2) is 18.2 Å². The van der Waals surface area contributed by atoms with Crippen LogP contribution < -0.4 is 4.74 Å². The van der Waals surface area contributed by atoms with Crippen molar-refractivity contribution in [2.24, 2.45) is 5.11 Å². The fourth-order valence-electron chi connectivity index (χ4n) is 5.59. The monoisotopic (exact) mass is 573 g/mol. The minimum atomic E-state index is -1.11. The molecule has 2 fully saturated rings. The normalized spacial score (nSPS) is 23.4.